The number of aryl methyl sites for hydroxylation is 1. The van der Waals surface area contributed by atoms with E-state index in [1.54, 1.807) is 10.9 Å². The minimum Gasteiger partial charge on any atom is -0.330 e. The molecular weight excluding hydrogens is 368 g/mol. The number of likely N-dealkylation sites (tertiary alicyclic amines) is 2. The molecule has 1 amide bonds. The van der Waals surface area contributed by atoms with E-state index in [0.29, 0.717) is 17.5 Å². The van der Waals surface area contributed by atoms with Crippen LogP contribution in [0.3, 0.4) is 0 Å². The minimum absolute atomic E-state index is 0.115. The van der Waals surface area contributed by atoms with E-state index in [0.717, 1.165) is 25.7 Å². The van der Waals surface area contributed by atoms with Gasteiger partial charge >= 0.3 is 0 Å². The lowest BCUT2D eigenvalue weighted by atomic mass is 9.89. The van der Waals surface area contributed by atoms with Crippen LogP contribution in [0.1, 0.15) is 34.9 Å². The fourth-order valence-electron chi connectivity index (χ4n) is 5.44. The summed E-state index contributed by atoms with van der Waals surface area (Å²) in [6.07, 6.45) is 4.35. The molecule has 28 heavy (non-hydrogen) atoms. The molecule has 1 aromatic carbocycles. The first-order valence-electron chi connectivity index (χ1n) is 10.4. The molecule has 0 saturated carbocycles. The van der Waals surface area contributed by atoms with E-state index in [2.05, 4.69) is 57.0 Å². The summed E-state index contributed by atoms with van der Waals surface area (Å²) in [5.74, 6) is 3.79. The fourth-order valence-corrected chi connectivity index (χ4v) is 6.53. The molecule has 5 nitrogen and oxygen atoms in total. The van der Waals surface area contributed by atoms with Gasteiger partial charge in [0, 0.05) is 44.8 Å². The third-order valence-electron chi connectivity index (χ3n) is 6.84. The number of carbonyl (C=O) groups is 1. The molecule has 3 aliphatic rings. The van der Waals surface area contributed by atoms with Crippen molar-refractivity contribution >= 4 is 17.7 Å². The topological polar surface area (TPSA) is 41.4 Å². The summed E-state index contributed by atoms with van der Waals surface area (Å²) in [5.41, 5.74) is 1.95. The Morgan fingerprint density at radius 3 is 2.57 bits per heavy atom. The Morgan fingerprint density at radius 2 is 1.86 bits per heavy atom. The lowest BCUT2D eigenvalue weighted by Gasteiger charge is -2.34. The van der Waals surface area contributed by atoms with Crippen molar-refractivity contribution in [3.8, 4) is 0 Å². The third-order valence-corrected chi connectivity index (χ3v) is 7.89. The standard InChI is InChI=1S/C22H28N4OS/c1-24-20(7-10-23-24)22(27)26-14-17-13-25(18-8-11-28-12-9-18)15-19(17)21(26)16-5-3-2-4-6-16/h2-7,10,17-19,21H,8-9,11-15H2,1H3/t17-,19-,21+/m0/s1. The van der Waals surface area contributed by atoms with Crippen LogP contribution in [0.15, 0.2) is 42.6 Å². The molecule has 3 atom stereocenters. The number of nitrogens with zero attached hydrogens (tertiary/aromatic N) is 4. The van der Waals surface area contributed by atoms with E-state index in [4.69, 9.17) is 0 Å². The zero-order valence-corrected chi connectivity index (χ0v) is 17.2. The molecule has 3 fully saturated rings. The number of fused-ring (bicyclic) bond motifs is 1. The molecule has 0 N–H and O–H groups in total. The zero-order valence-electron chi connectivity index (χ0n) is 16.4. The van der Waals surface area contributed by atoms with E-state index >= 15 is 0 Å². The molecule has 0 unspecified atom stereocenters. The molecule has 5 rings (SSSR count). The first-order chi connectivity index (χ1) is 13.7. The Labute approximate surface area is 171 Å². The average molecular weight is 397 g/mol. The quantitative estimate of drug-likeness (QED) is 0.800. The maximum absolute atomic E-state index is 13.4. The number of thioether (sulfide) groups is 1. The van der Waals surface area contributed by atoms with Gasteiger partial charge in [0.2, 0.25) is 0 Å². The number of aromatic nitrogens is 2. The van der Waals surface area contributed by atoms with Gasteiger partial charge in [-0.15, -0.1) is 0 Å². The van der Waals surface area contributed by atoms with Crippen LogP contribution in [0.2, 0.25) is 0 Å². The van der Waals surface area contributed by atoms with Crippen LogP contribution in [0.25, 0.3) is 0 Å². The van der Waals surface area contributed by atoms with Crippen LogP contribution in [0.5, 0.6) is 0 Å². The van der Waals surface area contributed by atoms with Crippen molar-refractivity contribution < 1.29 is 4.79 Å². The third kappa shape index (κ3) is 3.16. The first-order valence-corrected chi connectivity index (χ1v) is 11.5. The van der Waals surface area contributed by atoms with Crippen LogP contribution >= 0.6 is 11.8 Å². The lowest BCUT2D eigenvalue weighted by molar-refractivity contribution is 0.0680. The highest BCUT2D eigenvalue weighted by Gasteiger charge is 2.50. The Hall–Kier alpha value is -1.79. The summed E-state index contributed by atoms with van der Waals surface area (Å²) in [6.45, 7) is 3.11. The number of amides is 1. The molecule has 3 aliphatic heterocycles. The Balaban J connectivity index is 1.43. The molecule has 0 aliphatic carbocycles. The second kappa shape index (κ2) is 7.56. The maximum atomic E-state index is 13.4. The molecule has 0 radical (unpaired) electrons. The molecular formula is C22H28N4OS. The normalized spacial score (nSPS) is 28.6. The second-order valence-electron chi connectivity index (χ2n) is 8.37. The van der Waals surface area contributed by atoms with Crippen molar-refractivity contribution in [2.75, 3.05) is 31.1 Å². The predicted octanol–water partition coefficient (Wildman–Crippen LogP) is 3.06. The molecule has 148 valence electrons. The van der Waals surface area contributed by atoms with E-state index in [-0.39, 0.29) is 11.9 Å². The van der Waals surface area contributed by atoms with E-state index < -0.39 is 0 Å². The molecule has 1 aromatic heterocycles. The van der Waals surface area contributed by atoms with Gasteiger partial charge in [0.05, 0.1) is 6.04 Å². The van der Waals surface area contributed by atoms with Gasteiger partial charge in [-0.25, -0.2) is 0 Å². The summed E-state index contributed by atoms with van der Waals surface area (Å²) in [6, 6.07) is 13.4. The monoisotopic (exact) mass is 396 g/mol. The van der Waals surface area contributed by atoms with Gasteiger partial charge in [-0.2, -0.15) is 16.9 Å². The predicted molar refractivity (Wildman–Crippen MR) is 112 cm³/mol. The number of hydrogen-bond donors (Lipinski definition) is 0. The minimum atomic E-state index is 0.115. The van der Waals surface area contributed by atoms with Crippen molar-refractivity contribution in [2.45, 2.75) is 24.9 Å². The van der Waals surface area contributed by atoms with E-state index in [9.17, 15) is 4.79 Å². The van der Waals surface area contributed by atoms with Gasteiger partial charge in [0.1, 0.15) is 5.69 Å². The molecule has 0 spiro atoms. The van der Waals surface area contributed by atoms with Crippen molar-refractivity contribution in [3.63, 3.8) is 0 Å². The van der Waals surface area contributed by atoms with Gasteiger partial charge in [0.15, 0.2) is 0 Å². The van der Waals surface area contributed by atoms with Crippen molar-refractivity contribution in [1.82, 2.24) is 19.6 Å². The SMILES string of the molecule is Cn1nccc1C(=O)N1C[C@@H]2CN(C3CCSCC3)C[C@@H]2[C@H]1c1ccccc1. The Bertz CT molecular complexity index is 832. The van der Waals surface area contributed by atoms with Gasteiger partial charge in [-0.1, -0.05) is 30.3 Å². The molecule has 2 aromatic rings. The van der Waals surface area contributed by atoms with Crippen LogP contribution in [-0.2, 0) is 7.05 Å². The van der Waals surface area contributed by atoms with Gasteiger partial charge in [-0.3, -0.25) is 14.4 Å². The van der Waals surface area contributed by atoms with Crippen LogP contribution in [0, 0.1) is 11.8 Å². The summed E-state index contributed by atoms with van der Waals surface area (Å²) in [5, 5.41) is 4.21. The number of benzene rings is 1. The zero-order chi connectivity index (χ0) is 19.1. The highest BCUT2D eigenvalue weighted by atomic mass is 32.2. The van der Waals surface area contributed by atoms with Crippen LogP contribution in [0.4, 0.5) is 0 Å². The van der Waals surface area contributed by atoms with Gasteiger partial charge in [0.25, 0.3) is 5.91 Å². The fraction of sp³-hybridized carbons (Fsp3) is 0.545. The van der Waals surface area contributed by atoms with Crippen LogP contribution < -0.4 is 0 Å². The molecule has 3 saturated heterocycles. The van der Waals surface area contributed by atoms with Crippen molar-refractivity contribution in [2.24, 2.45) is 18.9 Å². The number of hydrogen-bond acceptors (Lipinski definition) is 4. The van der Waals surface area contributed by atoms with E-state index in [1.165, 1.54) is 29.9 Å². The van der Waals surface area contributed by atoms with Crippen LogP contribution in [-0.4, -0.2) is 62.7 Å². The van der Waals surface area contributed by atoms with Gasteiger partial charge < -0.3 is 4.90 Å². The van der Waals surface area contributed by atoms with Crippen molar-refractivity contribution in [3.05, 3.63) is 53.9 Å². The number of carbonyl (C=O) groups excluding carboxylic acids is 1. The molecule has 4 heterocycles. The highest BCUT2D eigenvalue weighted by Crippen LogP contribution is 2.46. The molecule has 6 heteroatoms. The summed E-state index contributed by atoms with van der Waals surface area (Å²) >= 11 is 2.09. The largest absolute Gasteiger partial charge is 0.330 e. The Kier molecular flexibility index (Phi) is 4.93. The second-order valence-corrected chi connectivity index (χ2v) is 9.60. The van der Waals surface area contributed by atoms with Crippen molar-refractivity contribution in [1.29, 1.82) is 0 Å². The smallest absolute Gasteiger partial charge is 0.272 e. The van der Waals surface area contributed by atoms with E-state index in [1.807, 2.05) is 13.1 Å². The molecule has 0 bridgehead atoms. The number of rotatable bonds is 3. The first kappa shape index (κ1) is 18.3. The van der Waals surface area contributed by atoms with Gasteiger partial charge in [-0.05, 0) is 41.9 Å². The summed E-state index contributed by atoms with van der Waals surface area (Å²) < 4.78 is 1.70. The maximum Gasteiger partial charge on any atom is 0.272 e. The summed E-state index contributed by atoms with van der Waals surface area (Å²) in [4.78, 5) is 18.2. The highest BCUT2D eigenvalue weighted by molar-refractivity contribution is 7.99. The lowest BCUT2D eigenvalue weighted by Crippen LogP contribution is -2.40. The Morgan fingerprint density at radius 1 is 1.07 bits per heavy atom. The summed E-state index contributed by atoms with van der Waals surface area (Å²) in [7, 11) is 1.85. The average Bonchev–Trinajstić information content (AvgIpc) is 3.42.